The Labute approximate surface area is 160 Å². The third-order valence-corrected chi connectivity index (χ3v) is 6.24. The molecule has 1 amide bonds. The maximum atomic E-state index is 12.3. The molecule has 2 aromatic rings. The minimum absolute atomic E-state index is 0.175. The molecule has 1 fully saturated rings. The van der Waals surface area contributed by atoms with Crippen molar-refractivity contribution in [1.29, 1.82) is 0 Å². The van der Waals surface area contributed by atoms with Crippen molar-refractivity contribution in [3.8, 4) is 0 Å². The molecule has 1 N–H and O–H groups in total. The lowest BCUT2D eigenvalue weighted by Gasteiger charge is -2.24. The number of amides is 1. The molecule has 0 aliphatic carbocycles. The molecule has 2 aromatic carbocycles. The molecule has 0 unspecified atom stereocenters. The van der Waals surface area contributed by atoms with E-state index >= 15 is 0 Å². The SMILES string of the molecule is Cc1ccc(S[C@@H](CCN2CC[C@H](O)CCC2=O)c2ccccc2)cc1. The summed E-state index contributed by atoms with van der Waals surface area (Å²) in [6, 6.07) is 19.1. The summed E-state index contributed by atoms with van der Waals surface area (Å²) in [6.07, 6.45) is 2.31. The number of aliphatic hydroxyl groups is 1. The van der Waals surface area contributed by atoms with Gasteiger partial charge in [-0.15, -0.1) is 11.8 Å². The molecule has 1 saturated heterocycles. The molecule has 3 nitrogen and oxygen atoms in total. The van der Waals surface area contributed by atoms with Crippen LogP contribution in [0.1, 0.15) is 42.1 Å². The highest BCUT2D eigenvalue weighted by molar-refractivity contribution is 7.99. The molecule has 0 spiro atoms. The van der Waals surface area contributed by atoms with Crippen molar-refractivity contribution in [1.82, 2.24) is 4.90 Å². The van der Waals surface area contributed by atoms with Crippen LogP contribution in [0.3, 0.4) is 0 Å². The number of thioether (sulfide) groups is 1. The predicted molar refractivity (Wildman–Crippen MR) is 107 cm³/mol. The molecule has 1 aliphatic rings. The average molecular weight is 370 g/mol. The summed E-state index contributed by atoms with van der Waals surface area (Å²) in [7, 11) is 0. The smallest absolute Gasteiger partial charge is 0.222 e. The number of likely N-dealkylation sites (tertiary alicyclic amines) is 1. The van der Waals surface area contributed by atoms with Gasteiger partial charge in [-0.05, 0) is 43.9 Å². The molecule has 1 heterocycles. The molecule has 1 aliphatic heterocycles. The van der Waals surface area contributed by atoms with E-state index in [2.05, 4.69) is 55.5 Å². The van der Waals surface area contributed by atoms with E-state index in [0.717, 1.165) is 13.0 Å². The van der Waals surface area contributed by atoms with Gasteiger partial charge in [0.25, 0.3) is 0 Å². The summed E-state index contributed by atoms with van der Waals surface area (Å²) in [5.41, 5.74) is 2.56. The zero-order valence-electron chi connectivity index (χ0n) is 15.3. The first-order chi connectivity index (χ1) is 12.6. The number of aryl methyl sites for hydroxylation is 1. The van der Waals surface area contributed by atoms with Crippen LogP contribution in [0, 0.1) is 6.92 Å². The van der Waals surface area contributed by atoms with Crippen molar-refractivity contribution in [2.45, 2.75) is 48.9 Å². The van der Waals surface area contributed by atoms with Gasteiger partial charge >= 0.3 is 0 Å². The Morgan fingerprint density at radius 2 is 1.85 bits per heavy atom. The van der Waals surface area contributed by atoms with E-state index in [-0.39, 0.29) is 12.0 Å². The number of carbonyl (C=O) groups excluding carboxylic acids is 1. The van der Waals surface area contributed by atoms with Crippen LogP contribution in [-0.4, -0.2) is 35.1 Å². The van der Waals surface area contributed by atoms with Crippen molar-refractivity contribution in [3.63, 3.8) is 0 Å². The molecule has 138 valence electrons. The van der Waals surface area contributed by atoms with E-state index in [0.29, 0.717) is 31.1 Å². The van der Waals surface area contributed by atoms with E-state index in [1.54, 1.807) is 0 Å². The maximum Gasteiger partial charge on any atom is 0.222 e. The van der Waals surface area contributed by atoms with Gasteiger partial charge in [0.15, 0.2) is 0 Å². The second-order valence-electron chi connectivity index (χ2n) is 6.98. The molecular weight excluding hydrogens is 342 g/mol. The molecule has 0 saturated carbocycles. The number of carbonyl (C=O) groups is 1. The number of hydrogen-bond donors (Lipinski definition) is 1. The molecule has 3 rings (SSSR count). The van der Waals surface area contributed by atoms with Gasteiger partial charge in [0.2, 0.25) is 5.91 Å². The van der Waals surface area contributed by atoms with Crippen LogP contribution in [0.4, 0.5) is 0 Å². The summed E-state index contributed by atoms with van der Waals surface area (Å²) < 4.78 is 0. The Hall–Kier alpha value is -1.78. The third-order valence-electron chi connectivity index (χ3n) is 4.91. The Balaban J connectivity index is 1.69. The molecular formula is C22H27NO2S. The average Bonchev–Trinajstić information content (AvgIpc) is 2.82. The zero-order valence-corrected chi connectivity index (χ0v) is 16.1. The van der Waals surface area contributed by atoms with Gasteiger partial charge in [-0.3, -0.25) is 4.79 Å². The highest BCUT2D eigenvalue weighted by atomic mass is 32.2. The van der Waals surface area contributed by atoms with E-state index in [1.807, 2.05) is 22.7 Å². The highest BCUT2D eigenvalue weighted by Crippen LogP contribution is 2.38. The van der Waals surface area contributed by atoms with Gasteiger partial charge in [0.1, 0.15) is 0 Å². The summed E-state index contributed by atoms with van der Waals surface area (Å²) in [5, 5.41) is 10.1. The second-order valence-corrected chi connectivity index (χ2v) is 8.26. The fraction of sp³-hybridized carbons (Fsp3) is 0.409. The van der Waals surface area contributed by atoms with E-state index in [9.17, 15) is 9.90 Å². The van der Waals surface area contributed by atoms with Crippen molar-refractivity contribution < 1.29 is 9.90 Å². The zero-order chi connectivity index (χ0) is 18.4. The Bertz CT molecular complexity index is 702. The van der Waals surface area contributed by atoms with Crippen LogP contribution in [0.15, 0.2) is 59.5 Å². The van der Waals surface area contributed by atoms with E-state index in [1.165, 1.54) is 16.0 Å². The van der Waals surface area contributed by atoms with E-state index < -0.39 is 0 Å². The van der Waals surface area contributed by atoms with Crippen LogP contribution in [0.25, 0.3) is 0 Å². The summed E-state index contributed by atoms with van der Waals surface area (Å²) in [5.74, 6) is 0.175. The normalized spacial score (nSPS) is 19.2. The van der Waals surface area contributed by atoms with Crippen molar-refractivity contribution in [2.75, 3.05) is 13.1 Å². The molecule has 0 radical (unpaired) electrons. The lowest BCUT2D eigenvalue weighted by atomic mass is 10.1. The van der Waals surface area contributed by atoms with Crippen LogP contribution in [-0.2, 0) is 4.79 Å². The first kappa shape index (κ1) is 19.0. The van der Waals surface area contributed by atoms with Crippen LogP contribution in [0.2, 0.25) is 0 Å². The number of aliphatic hydroxyl groups excluding tert-OH is 1. The lowest BCUT2D eigenvalue weighted by Crippen LogP contribution is -2.32. The quantitative estimate of drug-likeness (QED) is 0.757. The topological polar surface area (TPSA) is 40.5 Å². The first-order valence-electron chi connectivity index (χ1n) is 9.36. The van der Waals surface area contributed by atoms with Gasteiger partial charge in [-0.1, -0.05) is 48.0 Å². The van der Waals surface area contributed by atoms with Gasteiger partial charge in [-0.2, -0.15) is 0 Å². The maximum absolute atomic E-state index is 12.3. The molecule has 0 bridgehead atoms. The van der Waals surface area contributed by atoms with Gasteiger partial charge in [0.05, 0.1) is 6.10 Å². The fourth-order valence-electron chi connectivity index (χ4n) is 3.27. The lowest BCUT2D eigenvalue weighted by molar-refractivity contribution is -0.130. The Kier molecular flexibility index (Phi) is 6.75. The Morgan fingerprint density at radius 1 is 1.12 bits per heavy atom. The van der Waals surface area contributed by atoms with Crippen LogP contribution < -0.4 is 0 Å². The van der Waals surface area contributed by atoms with Gasteiger partial charge < -0.3 is 10.0 Å². The fourth-order valence-corrected chi connectivity index (χ4v) is 4.41. The van der Waals surface area contributed by atoms with Crippen LogP contribution >= 0.6 is 11.8 Å². The standard InChI is InChI=1S/C22H27NO2S/c1-17-7-10-20(11-8-17)26-21(18-5-3-2-4-6-18)14-16-23-15-13-19(24)9-12-22(23)25/h2-8,10-11,19,21,24H,9,12-16H2,1H3/t19-,21+/m1/s1. The summed E-state index contributed by atoms with van der Waals surface area (Å²) in [6.45, 7) is 3.50. The molecule has 26 heavy (non-hydrogen) atoms. The number of rotatable bonds is 6. The second kappa shape index (κ2) is 9.24. The largest absolute Gasteiger partial charge is 0.393 e. The highest BCUT2D eigenvalue weighted by Gasteiger charge is 2.22. The van der Waals surface area contributed by atoms with Gasteiger partial charge in [-0.25, -0.2) is 0 Å². The molecule has 4 heteroatoms. The monoisotopic (exact) mass is 369 g/mol. The number of benzene rings is 2. The number of nitrogens with zero attached hydrogens (tertiary/aromatic N) is 1. The summed E-state index contributed by atoms with van der Waals surface area (Å²) >= 11 is 1.86. The summed E-state index contributed by atoms with van der Waals surface area (Å²) in [4.78, 5) is 15.5. The van der Waals surface area contributed by atoms with Crippen LogP contribution in [0.5, 0.6) is 0 Å². The van der Waals surface area contributed by atoms with Gasteiger partial charge in [0, 0.05) is 29.7 Å². The first-order valence-corrected chi connectivity index (χ1v) is 10.2. The van der Waals surface area contributed by atoms with Crippen molar-refractivity contribution in [2.24, 2.45) is 0 Å². The molecule has 0 aromatic heterocycles. The van der Waals surface area contributed by atoms with E-state index in [4.69, 9.17) is 0 Å². The Morgan fingerprint density at radius 3 is 2.58 bits per heavy atom. The van der Waals surface area contributed by atoms with Crippen molar-refractivity contribution >= 4 is 17.7 Å². The predicted octanol–water partition coefficient (Wildman–Crippen LogP) is 4.59. The number of hydrogen-bond acceptors (Lipinski definition) is 3. The van der Waals surface area contributed by atoms with Crippen molar-refractivity contribution in [3.05, 3.63) is 65.7 Å². The minimum Gasteiger partial charge on any atom is -0.393 e. The minimum atomic E-state index is -0.337. The third kappa shape index (κ3) is 5.36. The molecule has 2 atom stereocenters.